The fraction of sp³-hybridized carbons (Fsp3) is 0.333. The fourth-order valence-corrected chi connectivity index (χ4v) is 4.64. The van der Waals surface area contributed by atoms with Crippen molar-refractivity contribution >= 4 is 28.5 Å². The molecule has 0 saturated carbocycles. The summed E-state index contributed by atoms with van der Waals surface area (Å²) >= 11 is 1.73. The molecular weight excluding hydrogens is 390 g/mol. The van der Waals surface area contributed by atoms with E-state index < -0.39 is 0 Å². The lowest BCUT2D eigenvalue weighted by Crippen LogP contribution is -2.62. The number of nitrogens with one attached hydrogen (secondary N) is 2. The van der Waals surface area contributed by atoms with Gasteiger partial charge < -0.3 is 4.90 Å². The van der Waals surface area contributed by atoms with Crippen molar-refractivity contribution in [2.75, 3.05) is 7.05 Å². The Bertz CT molecular complexity index is 1060. The second kappa shape index (κ2) is 8.12. The highest BCUT2D eigenvalue weighted by Crippen LogP contribution is 2.35. The first-order chi connectivity index (χ1) is 14.2. The molecule has 2 heterocycles. The average molecular weight is 422 g/mol. The molecule has 5 nitrogen and oxygen atoms in total. The lowest BCUT2D eigenvalue weighted by Gasteiger charge is -2.39. The molecule has 30 heavy (non-hydrogen) atoms. The topological polar surface area (TPSA) is 58.3 Å². The largest absolute Gasteiger partial charge is 0.346 e. The van der Waals surface area contributed by atoms with E-state index in [9.17, 15) is 0 Å². The van der Waals surface area contributed by atoms with Crippen LogP contribution in [0, 0.1) is 6.92 Å². The van der Waals surface area contributed by atoms with Crippen LogP contribution in [-0.4, -0.2) is 33.9 Å². The SMILES string of the molecule is Cc1ccc(Sn2cc(C3=CC(NC(C)(C)C)NC(N)N3C)c3ccccc32)cc1. The van der Waals surface area contributed by atoms with Crippen molar-refractivity contribution in [3.8, 4) is 0 Å². The predicted molar refractivity (Wildman–Crippen MR) is 128 cm³/mol. The Balaban J connectivity index is 1.77. The van der Waals surface area contributed by atoms with Gasteiger partial charge in [-0.05, 0) is 63.9 Å². The number of nitrogens with zero attached hydrogens (tertiary/aromatic N) is 2. The van der Waals surface area contributed by atoms with E-state index in [0.29, 0.717) is 0 Å². The molecule has 3 aromatic rings. The maximum absolute atomic E-state index is 6.43. The minimum Gasteiger partial charge on any atom is -0.346 e. The lowest BCUT2D eigenvalue weighted by atomic mass is 10.0. The number of fused-ring (bicyclic) bond motifs is 1. The third-order valence-electron chi connectivity index (χ3n) is 5.24. The Morgan fingerprint density at radius 2 is 1.77 bits per heavy atom. The number of aryl methyl sites for hydroxylation is 1. The number of aromatic nitrogens is 1. The van der Waals surface area contributed by atoms with Crippen molar-refractivity contribution < 1.29 is 0 Å². The first kappa shape index (κ1) is 21.0. The van der Waals surface area contributed by atoms with Crippen LogP contribution in [0.2, 0.25) is 0 Å². The average Bonchev–Trinajstić information content (AvgIpc) is 3.04. The molecule has 0 fully saturated rings. The third kappa shape index (κ3) is 4.42. The first-order valence-electron chi connectivity index (χ1n) is 10.3. The molecule has 0 spiro atoms. The second-order valence-corrected chi connectivity index (χ2v) is 9.98. The molecule has 0 bridgehead atoms. The van der Waals surface area contributed by atoms with Gasteiger partial charge in [0.15, 0.2) is 0 Å². The van der Waals surface area contributed by atoms with Gasteiger partial charge in [0, 0.05) is 40.3 Å². The molecule has 1 aromatic heterocycles. The van der Waals surface area contributed by atoms with Gasteiger partial charge in [0.25, 0.3) is 0 Å². The normalized spacial score (nSPS) is 19.9. The van der Waals surface area contributed by atoms with Crippen LogP contribution in [-0.2, 0) is 0 Å². The lowest BCUT2D eigenvalue weighted by molar-refractivity contribution is 0.227. The summed E-state index contributed by atoms with van der Waals surface area (Å²) in [5.41, 5.74) is 11.2. The molecule has 0 amide bonds. The van der Waals surface area contributed by atoms with Crippen LogP contribution in [0.1, 0.15) is 31.9 Å². The summed E-state index contributed by atoms with van der Waals surface area (Å²) in [5.74, 6) is 0. The van der Waals surface area contributed by atoms with Crippen LogP contribution >= 0.6 is 11.9 Å². The van der Waals surface area contributed by atoms with Crippen molar-refractivity contribution in [2.24, 2.45) is 5.73 Å². The highest BCUT2D eigenvalue weighted by atomic mass is 32.2. The van der Waals surface area contributed by atoms with E-state index in [2.05, 4.69) is 108 Å². The smallest absolute Gasteiger partial charge is 0.133 e. The number of benzene rings is 2. The molecule has 0 radical (unpaired) electrons. The molecule has 0 saturated heterocycles. The summed E-state index contributed by atoms with van der Waals surface area (Å²) in [4.78, 5) is 3.31. The monoisotopic (exact) mass is 421 g/mol. The molecule has 2 atom stereocenters. The number of nitrogens with two attached hydrogens (primary N) is 1. The first-order valence-corrected chi connectivity index (χ1v) is 11.1. The highest BCUT2D eigenvalue weighted by Gasteiger charge is 2.28. The number of para-hydroxylation sites is 1. The van der Waals surface area contributed by atoms with E-state index in [1.54, 1.807) is 11.9 Å². The van der Waals surface area contributed by atoms with Crippen molar-refractivity contribution in [1.29, 1.82) is 0 Å². The summed E-state index contributed by atoms with van der Waals surface area (Å²) in [6.45, 7) is 8.60. The van der Waals surface area contributed by atoms with Crippen molar-refractivity contribution in [1.82, 2.24) is 19.5 Å². The predicted octanol–water partition coefficient (Wildman–Crippen LogP) is 4.34. The fourth-order valence-electron chi connectivity index (χ4n) is 3.74. The standard InChI is InChI=1S/C24H31N5S/c1-16-10-12-17(13-11-16)30-29-15-19(18-8-6-7-9-20(18)29)21-14-22(27-24(2,3)4)26-23(25)28(21)5/h6-15,22-23,26-27H,25H2,1-5H3. The summed E-state index contributed by atoms with van der Waals surface area (Å²) in [6, 6.07) is 17.2. The van der Waals surface area contributed by atoms with E-state index in [-0.39, 0.29) is 18.0 Å². The van der Waals surface area contributed by atoms with Gasteiger partial charge in [-0.2, -0.15) is 0 Å². The molecule has 4 N–H and O–H groups in total. The van der Waals surface area contributed by atoms with E-state index in [1.165, 1.54) is 26.9 Å². The van der Waals surface area contributed by atoms with E-state index in [1.807, 2.05) is 7.05 Å². The highest BCUT2D eigenvalue weighted by molar-refractivity contribution is 7.98. The van der Waals surface area contributed by atoms with Crippen LogP contribution in [0.5, 0.6) is 0 Å². The summed E-state index contributed by atoms with van der Waals surface area (Å²) in [7, 11) is 2.04. The molecule has 2 aromatic carbocycles. The van der Waals surface area contributed by atoms with Crippen LogP contribution in [0.15, 0.2) is 65.7 Å². The van der Waals surface area contributed by atoms with Crippen LogP contribution in [0.25, 0.3) is 16.6 Å². The summed E-state index contributed by atoms with van der Waals surface area (Å²) in [6.07, 6.45) is 4.19. The number of rotatable bonds is 4. The Hall–Kier alpha value is -2.25. The third-order valence-corrected chi connectivity index (χ3v) is 6.22. The van der Waals surface area contributed by atoms with Crippen molar-refractivity contribution in [2.45, 2.75) is 50.6 Å². The van der Waals surface area contributed by atoms with Crippen LogP contribution in [0.3, 0.4) is 0 Å². The number of hydrogen-bond acceptors (Lipinski definition) is 5. The zero-order valence-electron chi connectivity index (χ0n) is 18.3. The molecular formula is C24H31N5S. The Labute approximate surface area is 183 Å². The van der Waals surface area contributed by atoms with Gasteiger partial charge in [-0.1, -0.05) is 35.9 Å². The van der Waals surface area contributed by atoms with Gasteiger partial charge in [-0.3, -0.25) is 20.3 Å². The molecule has 2 unspecified atom stereocenters. The molecule has 1 aliphatic rings. The minimum absolute atomic E-state index is 0.00179. The van der Waals surface area contributed by atoms with Gasteiger partial charge in [-0.25, -0.2) is 0 Å². The van der Waals surface area contributed by atoms with Crippen molar-refractivity contribution in [3.63, 3.8) is 0 Å². The Morgan fingerprint density at radius 1 is 1.07 bits per heavy atom. The van der Waals surface area contributed by atoms with E-state index in [0.717, 1.165) is 5.70 Å². The summed E-state index contributed by atoms with van der Waals surface area (Å²) < 4.78 is 2.25. The van der Waals surface area contributed by atoms with Gasteiger partial charge in [0.2, 0.25) is 0 Å². The van der Waals surface area contributed by atoms with Gasteiger partial charge in [0.1, 0.15) is 6.29 Å². The summed E-state index contributed by atoms with van der Waals surface area (Å²) in [5, 5.41) is 8.25. The minimum atomic E-state index is -0.267. The molecule has 4 rings (SSSR count). The van der Waals surface area contributed by atoms with Crippen molar-refractivity contribution in [3.05, 3.63) is 71.9 Å². The zero-order valence-corrected chi connectivity index (χ0v) is 19.1. The second-order valence-electron chi connectivity index (χ2n) is 8.94. The Morgan fingerprint density at radius 3 is 2.47 bits per heavy atom. The van der Waals surface area contributed by atoms with Gasteiger partial charge in [0.05, 0.1) is 11.7 Å². The number of hydrogen-bond donors (Lipinski definition) is 3. The van der Waals surface area contributed by atoms with E-state index >= 15 is 0 Å². The van der Waals surface area contributed by atoms with Crippen LogP contribution in [0.4, 0.5) is 0 Å². The molecule has 1 aliphatic heterocycles. The zero-order chi connectivity index (χ0) is 21.5. The molecule has 158 valence electrons. The maximum atomic E-state index is 6.43. The van der Waals surface area contributed by atoms with E-state index in [4.69, 9.17) is 5.73 Å². The maximum Gasteiger partial charge on any atom is 0.133 e. The van der Waals surface area contributed by atoms with Crippen LogP contribution < -0.4 is 16.4 Å². The van der Waals surface area contributed by atoms with Gasteiger partial charge >= 0.3 is 0 Å². The molecule has 0 aliphatic carbocycles. The van der Waals surface area contributed by atoms with Gasteiger partial charge in [-0.15, -0.1) is 0 Å². The quantitative estimate of drug-likeness (QED) is 0.585. The Kier molecular flexibility index (Phi) is 5.68. The molecule has 6 heteroatoms.